The molecule has 1 heterocycles. The van der Waals surface area contributed by atoms with E-state index in [0.29, 0.717) is 22.3 Å². The number of anilines is 1. The van der Waals surface area contributed by atoms with Gasteiger partial charge in [-0.1, -0.05) is 23.7 Å². The molecule has 0 aliphatic carbocycles. The molecule has 7 heteroatoms. The van der Waals surface area contributed by atoms with Crippen LogP contribution < -0.4 is 10.1 Å². The number of thiazole rings is 1. The van der Waals surface area contributed by atoms with Crippen LogP contribution in [0.4, 0.5) is 5.13 Å². The molecule has 0 fully saturated rings. The summed E-state index contributed by atoms with van der Waals surface area (Å²) in [7, 11) is 0. The number of hydrogen-bond acceptors (Lipinski definition) is 5. The third-order valence-corrected chi connectivity index (χ3v) is 5.37. The van der Waals surface area contributed by atoms with Gasteiger partial charge in [0, 0.05) is 33.9 Å². The van der Waals surface area contributed by atoms with Crippen LogP contribution >= 0.6 is 22.9 Å². The first-order chi connectivity index (χ1) is 14.0. The minimum Gasteiger partial charge on any atom is -0.494 e. The van der Waals surface area contributed by atoms with Crippen LogP contribution in [0.15, 0.2) is 48.5 Å². The number of hydrogen-bond donors (Lipinski definition) is 1. The second kappa shape index (κ2) is 9.67. The van der Waals surface area contributed by atoms with Gasteiger partial charge in [0.15, 0.2) is 10.9 Å². The Kier molecular flexibility index (Phi) is 7.01. The lowest BCUT2D eigenvalue weighted by atomic mass is 10.1. The molecule has 0 atom stereocenters. The van der Waals surface area contributed by atoms with Crippen LogP contribution in [0.2, 0.25) is 5.02 Å². The van der Waals surface area contributed by atoms with Gasteiger partial charge in [-0.05, 0) is 50.2 Å². The van der Waals surface area contributed by atoms with Crippen LogP contribution in [0, 0.1) is 6.92 Å². The fraction of sp³-hybridized carbons (Fsp3) is 0.227. The number of nitrogens with one attached hydrogen (secondary N) is 1. The molecule has 0 saturated carbocycles. The molecule has 0 aliphatic heterocycles. The number of ether oxygens (including phenoxy) is 1. The summed E-state index contributed by atoms with van der Waals surface area (Å²) < 4.78 is 5.37. The number of halogens is 1. The summed E-state index contributed by atoms with van der Waals surface area (Å²) >= 11 is 7.33. The Morgan fingerprint density at radius 1 is 1.07 bits per heavy atom. The quantitative estimate of drug-likeness (QED) is 0.462. The summed E-state index contributed by atoms with van der Waals surface area (Å²) in [6.07, 6.45) is 0.231. The second-order valence-corrected chi connectivity index (χ2v) is 8.00. The highest BCUT2D eigenvalue weighted by molar-refractivity contribution is 7.16. The molecule has 0 aliphatic rings. The second-order valence-electron chi connectivity index (χ2n) is 6.36. The van der Waals surface area contributed by atoms with Crippen molar-refractivity contribution in [2.45, 2.75) is 26.7 Å². The number of Topliss-reactive ketones (excluding diaryl/α,β-unsaturated/α-hetero) is 1. The zero-order chi connectivity index (χ0) is 20.8. The van der Waals surface area contributed by atoms with Crippen molar-refractivity contribution in [3.8, 4) is 17.0 Å². The highest BCUT2D eigenvalue weighted by Crippen LogP contribution is 2.31. The molecule has 0 saturated heterocycles. The van der Waals surface area contributed by atoms with E-state index in [1.807, 2.05) is 26.0 Å². The van der Waals surface area contributed by atoms with Crippen LogP contribution in [0.5, 0.6) is 5.75 Å². The van der Waals surface area contributed by atoms with Crippen LogP contribution in [0.1, 0.15) is 35.0 Å². The molecular weight excluding hydrogens is 408 g/mol. The van der Waals surface area contributed by atoms with Crippen molar-refractivity contribution >= 4 is 39.8 Å². The average molecular weight is 429 g/mol. The van der Waals surface area contributed by atoms with Gasteiger partial charge in [-0.25, -0.2) is 4.98 Å². The Hall–Kier alpha value is -2.70. The Balaban J connectivity index is 1.56. The maximum Gasteiger partial charge on any atom is 0.226 e. The fourth-order valence-corrected chi connectivity index (χ4v) is 3.76. The summed E-state index contributed by atoms with van der Waals surface area (Å²) in [5.74, 6) is 0.401. The molecule has 1 aromatic heterocycles. The van der Waals surface area contributed by atoms with Crippen molar-refractivity contribution in [2.24, 2.45) is 0 Å². The topological polar surface area (TPSA) is 68.3 Å². The van der Waals surface area contributed by atoms with E-state index in [9.17, 15) is 9.59 Å². The maximum atomic E-state index is 12.3. The molecule has 3 rings (SSSR count). The molecule has 3 aromatic rings. The van der Waals surface area contributed by atoms with Crippen LogP contribution in [-0.2, 0) is 4.79 Å². The molecule has 0 spiro atoms. The predicted molar refractivity (Wildman–Crippen MR) is 117 cm³/mol. The van der Waals surface area contributed by atoms with Gasteiger partial charge in [0.05, 0.1) is 12.3 Å². The minimum atomic E-state index is -0.235. The Morgan fingerprint density at radius 2 is 1.76 bits per heavy atom. The number of rotatable bonds is 8. The molecule has 0 unspecified atom stereocenters. The third kappa shape index (κ3) is 5.65. The molecule has 5 nitrogen and oxygen atoms in total. The number of ketones is 1. The van der Waals surface area contributed by atoms with Gasteiger partial charge in [0.25, 0.3) is 0 Å². The lowest BCUT2D eigenvalue weighted by Gasteiger charge is -2.05. The molecule has 2 aromatic carbocycles. The third-order valence-electron chi connectivity index (χ3n) is 4.23. The fourth-order valence-electron chi connectivity index (χ4n) is 2.78. The molecule has 1 amide bonds. The van der Waals surface area contributed by atoms with Gasteiger partial charge in [0.1, 0.15) is 5.75 Å². The molecule has 1 N–H and O–H groups in total. The van der Waals surface area contributed by atoms with E-state index >= 15 is 0 Å². The standard InChI is InChI=1S/C22H21ClN2O3S/c1-3-28-18-10-6-15(7-11-18)19(26)12-13-20(27)24-22-25-21(14(2)29-22)16-4-8-17(23)9-5-16/h4-11H,3,12-13H2,1-2H3,(H,24,25,27). The smallest absolute Gasteiger partial charge is 0.226 e. The number of benzene rings is 2. The highest BCUT2D eigenvalue weighted by atomic mass is 35.5. The van der Waals surface area contributed by atoms with Gasteiger partial charge < -0.3 is 10.1 Å². The van der Waals surface area contributed by atoms with Gasteiger partial charge in [-0.3, -0.25) is 9.59 Å². The van der Waals surface area contributed by atoms with E-state index in [2.05, 4.69) is 10.3 Å². The number of aromatic nitrogens is 1. The number of carbonyl (C=O) groups excluding carboxylic acids is 2. The van der Waals surface area contributed by atoms with E-state index in [0.717, 1.165) is 21.9 Å². The van der Waals surface area contributed by atoms with Gasteiger partial charge in [0.2, 0.25) is 5.91 Å². The normalized spacial score (nSPS) is 10.6. The lowest BCUT2D eigenvalue weighted by molar-refractivity contribution is -0.116. The minimum absolute atomic E-state index is 0.0830. The summed E-state index contributed by atoms with van der Waals surface area (Å²) in [4.78, 5) is 30.1. The summed E-state index contributed by atoms with van der Waals surface area (Å²) in [5.41, 5.74) is 2.32. The SMILES string of the molecule is CCOc1ccc(C(=O)CCC(=O)Nc2nc(-c3ccc(Cl)cc3)c(C)s2)cc1. The molecule has 150 valence electrons. The average Bonchev–Trinajstić information content (AvgIpc) is 3.07. The summed E-state index contributed by atoms with van der Waals surface area (Å²) in [6, 6.07) is 14.3. The van der Waals surface area contributed by atoms with Crippen molar-refractivity contribution in [1.82, 2.24) is 4.98 Å². The van der Waals surface area contributed by atoms with Gasteiger partial charge >= 0.3 is 0 Å². The van der Waals surface area contributed by atoms with E-state index in [1.165, 1.54) is 11.3 Å². The maximum absolute atomic E-state index is 12.3. The van der Waals surface area contributed by atoms with E-state index < -0.39 is 0 Å². The highest BCUT2D eigenvalue weighted by Gasteiger charge is 2.14. The van der Waals surface area contributed by atoms with Crippen LogP contribution in [-0.4, -0.2) is 23.3 Å². The van der Waals surface area contributed by atoms with Crippen molar-refractivity contribution in [3.05, 3.63) is 64.0 Å². The molecular formula is C22H21ClN2O3S. The van der Waals surface area contributed by atoms with E-state index in [4.69, 9.17) is 16.3 Å². The van der Waals surface area contributed by atoms with E-state index in [-0.39, 0.29) is 24.5 Å². The zero-order valence-electron chi connectivity index (χ0n) is 16.2. The Morgan fingerprint density at radius 3 is 2.41 bits per heavy atom. The first-order valence-electron chi connectivity index (χ1n) is 9.25. The van der Waals surface area contributed by atoms with Crippen molar-refractivity contribution in [2.75, 3.05) is 11.9 Å². The Labute approximate surface area is 178 Å². The predicted octanol–water partition coefficient (Wildman–Crippen LogP) is 5.77. The van der Waals surface area contributed by atoms with Crippen LogP contribution in [0.3, 0.4) is 0 Å². The number of nitrogens with zero attached hydrogens (tertiary/aromatic N) is 1. The van der Waals surface area contributed by atoms with Crippen molar-refractivity contribution < 1.29 is 14.3 Å². The van der Waals surface area contributed by atoms with Crippen LogP contribution in [0.25, 0.3) is 11.3 Å². The number of aryl methyl sites for hydroxylation is 1. The van der Waals surface area contributed by atoms with Crippen molar-refractivity contribution in [3.63, 3.8) is 0 Å². The van der Waals surface area contributed by atoms with E-state index in [1.54, 1.807) is 36.4 Å². The lowest BCUT2D eigenvalue weighted by Crippen LogP contribution is -2.13. The zero-order valence-corrected chi connectivity index (χ0v) is 17.8. The Bertz CT molecular complexity index is 998. The largest absolute Gasteiger partial charge is 0.494 e. The first kappa shape index (κ1) is 21.0. The summed E-state index contributed by atoms with van der Waals surface area (Å²) in [6.45, 7) is 4.43. The molecule has 29 heavy (non-hydrogen) atoms. The first-order valence-corrected chi connectivity index (χ1v) is 10.4. The molecule has 0 radical (unpaired) electrons. The summed E-state index contributed by atoms with van der Waals surface area (Å²) in [5, 5.41) is 3.97. The van der Waals surface area contributed by atoms with Gasteiger partial charge in [-0.15, -0.1) is 11.3 Å². The van der Waals surface area contributed by atoms with Gasteiger partial charge in [-0.2, -0.15) is 0 Å². The number of amides is 1. The number of carbonyl (C=O) groups is 2. The molecule has 0 bridgehead atoms. The monoisotopic (exact) mass is 428 g/mol. The van der Waals surface area contributed by atoms with Crippen molar-refractivity contribution in [1.29, 1.82) is 0 Å².